The summed E-state index contributed by atoms with van der Waals surface area (Å²) in [5.41, 5.74) is -2.98. The normalized spacial score (nSPS) is 11.1. The molecule has 1 N–H and O–H groups in total. The molecule has 12 heteroatoms. The number of rotatable bonds is 5. The SMILES string of the molecule is CC(=O)c1cc(Cn2cnc(C(F)(F)F)c(Oc3cc(C)cc(C#N)c3)c2=O)n[nH]c1=O. The second-order valence-electron chi connectivity index (χ2n) is 6.76. The molecule has 0 saturated heterocycles. The number of carbonyl (C=O) groups excluding carboxylic acids is 1. The van der Waals surface area contributed by atoms with E-state index in [4.69, 9.17) is 10.00 Å². The molecule has 3 rings (SSSR count). The lowest BCUT2D eigenvalue weighted by molar-refractivity contribution is -0.142. The molecule has 0 fully saturated rings. The summed E-state index contributed by atoms with van der Waals surface area (Å²) in [6.45, 7) is 2.37. The van der Waals surface area contributed by atoms with Crippen molar-refractivity contribution in [2.75, 3.05) is 0 Å². The van der Waals surface area contributed by atoms with Gasteiger partial charge >= 0.3 is 6.18 Å². The Kier molecular flexibility index (Phi) is 5.93. The van der Waals surface area contributed by atoms with E-state index < -0.39 is 41.1 Å². The third-order valence-corrected chi connectivity index (χ3v) is 4.23. The Hall–Kier alpha value is -4.27. The highest BCUT2D eigenvalue weighted by atomic mass is 19.4. The second-order valence-corrected chi connectivity index (χ2v) is 6.76. The maximum Gasteiger partial charge on any atom is 0.437 e. The third-order valence-electron chi connectivity index (χ3n) is 4.23. The molecule has 2 aromatic heterocycles. The lowest BCUT2D eigenvalue weighted by atomic mass is 10.1. The number of Topliss-reactive ketones (excluding diaryl/α,β-unsaturated/α-hetero) is 1. The van der Waals surface area contributed by atoms with Gasteiger partial charge in [-0.05, 0) is 43.7 Å². The highest BCUT2D eigenvalue weighted by molar-refractivity contribution is 5.93. The van der Waals surface area contributed by atoms with Gasteiger partial charge in [-0.2, -0.15) is 23.5 Å². The number of nitrogens with zero attached hydrogens (tertiary/aromatic N) is 4. The van der Waals surface area contributed by atoms with Crippen LogP contribution in [0.2, 0.25) is 0 Å². The lowest BCUT2D eigenvalue weighted by Crippen LogP contribution is -2.28. The fraction of sp³-hybridized carbons (Fsp3) is 0.200. The fourth-order valence-electron chi connectivity index (χ4n) is 2.83. The molecule has 1 aromatic carbocycles. The molecule has 0 saturated carbocycles. The third kappa shape index (κ3) is 4.72. The standard InChI is InChI=1S/C20H14F3N5O4/c1-10-3-12(7-24)5-14(4-10)32-16-17(20(21,22)23)25-9-28(19(16)31)8-13-6-15(11(2)29)18(30)27-26-13/h3-6,9H,8H2,1-2H3,(H,27,30). The van der Waals surface area contributed by atoms with Crippen molar-refractivity contribution in [1.29, 1.82) is 5.26 Å². The summed E-state index contributed by atoms with van der Waals surface area (Å²) in [6, 6.07) is 7.02. The van der Waals surface area contributed by atoms with Crippen LogP contribution in [0.3, 0.4) is 0 Å². The van der Waals surface area contributed by atoms with Gasteiger partial charge in [0.05, 0.1) is 35.8 Å². The average Bonchev–Trinajstić information content (AvgIpc) is 2.70. The average molecular weight is 445 g/mol. The number of H-pyrrole nitrogens is 1. The number of aryl methyl sites for hydroxylation is 1. The molecular formula is C20H14F3N5O4. The molecule has 3 aromatic rings. The highest BCUT2D eigenvalue weighted by Gasteiger charge is 2.38. The van der Waals surface area contributed by atoms with Gasteiger partial charge < -0.3 is 4.74 Å². The quantitative estimate of drug-likeness (QED) is 0.597. The number of aromatic nitrogens is 4. The van der Waals surface area contributed by atoms with E-state index >= 15 is 0 Å². The largest absolute Gasteiger partial charge is 0.449 e. The highest BCUT2D eigenvalue weighted by Crippen LogP contribution is 2.34. The van der Waals surface area contributed by atoms with Crippen LogP contribution < -0.4 is 15.9 Å². The number of aromatic amines is 1. The minimum Gasteiger partial charge on any atom is -0.449 e. The van der Waals surface area contributed by atoms with E-state index in [1.54, 1.807) is 6.92 Å². The van der Waals surface area contributed by atoms with Crippen LogP contribution in [-0.2, 0) is 12.7 Å². The topological polar surface area (TPSA) is 131 Å². The van der Waals surface area contributed by atoms with Crippen LogP contribution in [0.15, 0.2) is 40.2 Å². The van der Waals surface area contributed by atoms with Gasteiger partial charge in [0.2, 0.25) is 5.75 Å². The molecule has 0 aliphatic rings. The maximum absolute atomic E-state index is 13.5. The van der Waals surface area contributed by atoms with Gasteiger partial charge in [-0.25, -0.2) is 10.1 Å². The molecule has 2 heterocycles. The molecule has 0 aliphatic heterocycles. The molecule has 9 nitrogen and oxygen atoms in total. The lowest BCUT2D eigenvalue weighted by Gasteiger charge is -2.15. The van der Waals surface area contributed by atoms with E-state index in [1.807, 2.05) is 6.07 Å². The van der Waals surface area contributed by atoms with Gasteiger partial charge in [-0.1, -0.05) is 0 Å². The van der Waals surface area contributed by atoms with Gasteiger partial charge in [-0.15, -0.1) is 0 Å². The molecule has 0 amide bonds. The van der Waals surface area contributed by atoms with Crippen LogP contribution >= 0.6 is 0 Å². The Balaban J connectivity index is 2.10. The van der Waals surface area contributed by atoms with Crippen LogP contribution in [0.4, 0.5) is 13.2 Å². The van der Waals surface area contributed by atoms with Crippen molar-refractivity contribution in [3.05, 3.63) is 79.4 Å². The number of hydrogen-bond donors (Lipinski definition) is 1. The zero-order chi connectivity index (χ0) is 23.6. The van der Waals surface area contributed by atoms with Crippen LogP contribution in [0.5, 0.6) is 11.5 Å². The van der Waals surface area contributed by atoms with Crippen LogP contribution in [-0.4, -0.2) is 25.5 Å². The van der Waals surface area contributed by atoms with E-state index in [9.17, 15) is 27.6 Å². The zero-order valence-corrected chi connectivity index (χ0v) is 16.6. The number of nitriles is 1. The second kappa shape index (κ2) is 8.46. The Bertz CT molecular complexity index is 1370. The minimum atomic E-state index is -4.99. The summed E-state index contributed by atoms with van der Waals surface area (Å²) in [4.78, 5) is 39.3. The van der Waals surface area contributed by atoms with Crippen molar-refractivity contribution >= 4 is 5.78 Å². The Morgan fingerprint density at radius 3 is 2.59 bits per heavy atom. The van der Waals surface area contributed by atoms with Crippen molar-refractivity contribution in [3.8, 4) is 17.6 Å². The van der Waals surface area contributed by atoms with Gasteiger partial charge in [0.25, 0.3) is 11.1 Å². The number of carbonyl (C=O) groups is 1. The summed E-state index contributed by atoms with van der Waals surface area (Å²) in [6.07, 6.45) is -4.33. The Morgan fingerprint density at radius 2 is 1.97 bits per heavy atom. The number of ether oxygens (including phenoxy) is 1. The van der Waals surface area contributed by atoms with E-state index in [-0.39, 0.29) is 22.6 Å². The predicted molar refractivity (Wildman–Crippen MR) is 103 cm³/mol. The van der Waals surface area contributed by atoms with Gasteiger partial charge in [-0.3, -0.25) is 19.0 Å². The van der Waals surface area contributed by atoms with Crippen LogP contribution in [0.1, 0.15) is 39.8 Å². The van der Waals surface area contributed by atoms with Crippen LogP contribution in [0, 0.1) is 18.3 Å². The molecule has 0 radical (unpaired) electrons. The van der Waals surface area contributed by atoms with E-state index in [2.05, 4.69) is 15.2 Å². The summed E-state index contributed by atoms with van der Waals surface area (Å²) in [7, 11) is 0. The van der Waals surface area contributed by atoms with Crippen molar-refractivity contribution in [1.82, 2.24) is 19.7 Å². The van der Waals surface area contributed by atoms with Gasteiger partial charge in [0, 0.05) is 0 Å². The summed E-state index contributed by atoms with van der Waals surface area (Å²) in [5, 5.41) is 14.9. The zero-order valence-electron chi connectivity index (χ0n) is 16.6. The molecule has 0 atom stereocenters. The van der Waals surface area contributed by atoms with E-state index in [0.717, 1.165) is 17.6 Å². The molecule has 32 heavy (non-hydrogen) atoms. The van der Waals surface area contributed by atoms with Crippen molar-refractivity contribution in [2.45, 2.75) is 26.6 Å². The smallest absolute Gasteiger partial charge is 0.437 e. The van der Waals surface area contributed by atoms with Gasteiger partial charge in [0.1, 0.15) is 5.75 Å². The van der Waals surface area contributed by atoms with E-state index in [1.165, 1.54) is 18.2 Å². The Morgan fingerprint density at radius 1 is 1.25 bits per heavy atom. The molecule has 0 bridgehead atoms. The molecule has 164 valence electrons. The van der Waals surface area contributed by atoms with Crippen molar-refractivity contribution < 1.29 is 22.7 Å². The number of alkyl halides is 3. The first-order valence-corrected chi connectivity index (χ1v) is 8.95. The maximum atomic E-state index is 13.5. The summed E-state index contributed by atoms with van der Waals surface area (Å²) < 4.78 is 46.4. The summed E-state index contributed by atoms with van der Waals surface area (Å²) in [5.74, 6) is -1.79. The fourth-order valence-corrected chi connectivity index (χ4v) is 2.83. The van der Waals surface area contributed by atoms with E-state index in [0.29, 0.717) is 11.9 Å². The minimum absolute atomic E-state index is 0.0340. The van der Waals surface area contributed by atoms with Crippen molar-refractivity contribution in [3.63, 3.8) is 0 Å². The van der Waals surface area contributed by atoms with Crippen LogP contribution in [0.25, 0.3) is 0 Å². The first kappa shape index (κ1) is 22.4. The first-order chi connectivity index (χ1) is 15.0. The number of hydrogen-bond acceptors (Lipinski definition) is 7. The molecular weight excluding hydrogens is 431 g/mol. The number of benzene rings is 1. The molecule has 0 spiro atoms. The molecule has 0 aliphatic carbocycles. The van der Waals surface area contributed by atoms with Gasteiger partial charge in [0.15, 0.2) is 11.5 Å². The predicted octanol–water partition coefficient (Wildman–Crippen LogP) is 2.57. The summed E-state index contributed by atoms with van der Waals surface area (Å²) >= 11 is 0. The first-order valence-electron chi connectivity index (χ1n) is 8.95. The Labute approximate surface area is 177 Å². The van der Waals surface area contributed by atoms with Crippen molar-refractivity contribution in [2.24, 2.45) is 0 Å². The number of halogens is 3. The number of ketones is 1. The molecule has 0 unspecified atom stereocenters. The number of nitrogens with one attached hydrogen (secondary N) is 1. The monoisotopic (exact) mass is 445 g/mol.